The second-order valence-electron chi connectivity index (χ2n) is 6.59. The molecule has 3 N–H and O–H groups in total. The van der Waals surface area contributed by atoms with Crippen LogP contribution in [0.3, 0.4) is 0 Å². The maximum absolute atomic E-state index is 12.1. The van der Waals surface area contributed by atoms with E-state index in [1.165, 1.54) is 11.3 Å². The van der Waals surface area contributed by atoms with Gasteiger partial charge in [-0.15, -0.1) is 11.3 Å². The number of ether oxygens (including phenoxy) is 1. The number of thiazole rings is 1. The molecule has 6 nitrogen and oxygen atoms in total. The zero-order valence-electron chi connectivity index (χ0n) is 15.0. The molecule has 0 saturated carbocycles. The summed E-state index contributed by atoms with van der Waals surface area (Å²) >= 11 is 1.24. The Morgan fingerprint density at radius 1 is 1.11 bits per heavy atom. The Hall–Kier alpha value is -2.74. The molecule has 0 saturated heterocycles. The lowest BCUT2D eigenvalue weighted by molar-refractivity contribution is 0.0184. The summed E-state index contributed by atoms with van der Waals surface area (Å²) in [4.78, 5) is 16.1. The van der Waals surface area contributed by atoms with Gasteiger partial charge in [-0.25, -0.2) is 9.78 Å². The van der Waals surface area contributed by atoms with Gasteiger partial charge in [0, 0.05) is 24.0 Å². The Morgan fingerprint density at radius 3 is 2.36 bits per heavy atom. The summed E-state index contributed by atoms with van der Waals surface area (Å²) in [5.74, 6) is -0.0241. The van der Waals surface area contributed by atoms with Crippen LogP contribution < -0.4 is 5.32 Å². The number of aromatic nitrogens is 1. The number of hydrogen-bond acceptors (Lipinski definition) is 6. The molecule has 4 rings (SSSR count). The van der Waals surface area contributed by atoms with Crippen LogP contribution in [-0.2, 0) is 4.74 Å². The molecule has 3 aromatic rings. The molecule has 144 valence electrons. The number of benzene rings is 2. The Balaban J connectivity index is 1.35. The van der Waals surface area contributed by atoms with Crippen LogP contribution >= 0.6 is 11.3 Å². The largest absolute Gasteiger partial charge is 0.449 e. The molecule has 28 heavy (non-hydrogen) atoms. The Labute approximate surface area is 166 Å². The Kier molecular flexibility index (Phi) is 5.38. The van der Waals surface area contributed by atoms with Crippen molar-refractivity contribution in [1.29, 1.82) is 0 Å². The highest BCUT2D eigenvalue weighted by atomic mass is 32.1. The number of amides is 1. The monoisotopic (exact) mass is 396 g/mol. The van der Waals surface area contributed by atoms with Gasteiger partial charge in [-0.3, -0.25) is 0 Å². The number of nitrogens with one attached hydrogen (secondary N) is 1. The fourth-order valence-corrected chi connectivity index (χ4v) is 4.17. The third-order valence-corrected chi connectivity index (χ3v) is 5.71. The van der Waals surface area contributed by atoms with Gasteiger partial charge in [0.15, 0.2) is 0 Å². The number of alkyl carbamates (subject to hydrolysis) is 1. The number of hydrogen-bond donors (Lipinski definition) is 3. The van der Waals surface area contributed by atoms with Crippen LogP contribution in [-0.4, -0.2) is 40.5 Å². The molecular formula is C21H20N2O4S. The van der Waals surface area contributed by atoms with E-state index in [0.29, 0.717) is 5.01 Å². The second kappa shape index (κ2) is 8.10. The average Bonchev–Trinajstić information content (AvgIpc) is 3.37. The normalized spacial score (nSPS) is 14.8. The average molecular weight is 396 g/mol. The van der Waals surface area contributed by atoms with Gasteiger partial charge in [0.05, 0.1) is 0 Å². The minimum atomic E-state index is -1.16. The van der Waals surface area contributed by atoms with E-state index < -0.39 is 18.3 Å². The maximum Gasteiger partial charge on any atom is 0.407 e. The van der Waals surface area contributed by atoms with E-state index in [1.54, 1.807) is 11.6 Å². The predicted octanol–water partition coefficient (Wildman–Crippen LogP) is 3.08. The molecule has 1 aliphatic carbocycles. The number of aliphatic hydroxyl groups is 2. The standard InChI is InChI=1S/C21H20N2O4S/c24-18(19(25)20-22-9-10-28-20)11-23-21(26)27-12-17-15-7-3-1-5-13(15)14-6-2-4-8-16(14)17/h1-10,17-19,24-25H,11-12H2,(H,23,26). The Bertz CT molecular complexity index is 915. The number of carbonyl (C=O) groups is 1. The van der Waals surface area contributed by atoms with Gasteiger partial charge >= 0.3 is 6.09 Å². The van der Waals surface area contributed by atoms with Crippen molar-refractivity contribution < 1.29 is 19.7 Å². The maximum atomic E-state index is 12.1. The molecule has 2 atom stereocenters. The van der Waals surface area contributed by atoms with Gasteiger partial charge in [0.25, 0.3) is 0 Å². The number of rotatable bonds is 6. The first-order chi connectivity index (χ1) is 13.6. The van der Waals surface area contributed by atoms with Crippen LogP contribution in [0, 0.1) is 0 Å². The van der Waals surface area contributed by atoms with Gasteiger partial charge in [0.2, 0.25) is 0 Å². The van der Waals surface area contributed by atoms with E-state index in [9.17, 15) is 15.0 Å². The van der Waals surface area contributed by atoms with Crippen LogP contribution in [0.2, 0.25) is 0 Å². The van der Waals surface area contributed by atoms with E-state index >= 15 is 0 Å². The first-order valence-electron chi connectivity index (χ1n) is 8.99. The Morgan fingerprint density at radius 2 is 1.75 bits per heavy atom. The molecule has 1 aromatic heterocycles. The van der Waals surface area contributed by atoms with Crippen molar-refractivity contribution in [2.45, 2.75) is 18.1 Å². The summed E-state index contributed by atoms with van der Waals surface area (Å²) in [6.45, 7) is 0.0718. The SMILES string of the molecule is O=C(NCC(O)C(O)c1nccs1)OCC1c2ccccc2-c2ccccc21. The smallest absolute Gasteiger partial charge is 0.407 e. The lowest BCUT2D eigenvalue weighted by Gasteiger charge is -2.17. The molecule has 0 radical (unpaired) electrons. The highest BCUT2D eigenvalue weighted by Gasteiger charge is 2.29. The minimum Gasteiger partial charge on any atom is -0.449 e. The molecule has 1 heterocycles. The topological polar surface area (TPSA) is 91.7 Å². The van der Waals surface area contributed by atoms with Crippen molar-refractivity contribution >= 4 is 17.4 Å². The molecule has 2 aromatic carbocycles. The van der Waals surface area contributed by atoms with Crippen molar-refractivity contribution in [1.82, 2.24) is 10.3 Å². The van der Waals surface area contributed by atoms with E-state index in [4.69, 9.17) is 4.74 Å². The highest BCUT2D eigenvalue weighted by molar-refractivity contribution is 7.09. The van der Waals surface area contributed by atoms with E-state index in [0.717, 1.165) is 22.3 Å². The number of carbonyl (C=O) groups excluding carboxylic acids is 1. The lowest BCUT2D eigenvalue weighted by atomic mass is 9.98. The summed E-state index contributed by atoms with van der Waals surface area (Å²) in [5.41, 5.74) is 4.59. The zero-order chi connectivity index (χ0) is 19.5. The summed E-state index contributed by atoms with van der Waals surface area (Å²) < 4.78 is 5.40. The van der Waals surface area contributed by atoms with Gasteiger partial charge in [-0.1, -0.05) is 48.5 Å². The predicted molar refractivity (Wildman–Crippen MR) is 106 cm³/mol. The number of nitrogens with zero attached hydrogens (tertiary/aromatic N) is 1. The van der Waals surface area contributed by atoms with Gasteiger partial charge in [-0.05, 0) is 22.3 Å². The van der Waals surface area contributed by atoms with Crippen molar-refractivity contribution in [2.75, 3.05) is 13.2 Å². The second-order valence-corrected chi connectivity index (χ2v) is 7.52. The molecule has 0 spiro atoms. The van der Waals surface area contributed by atoms with Crippen LogP contribution in [0.4, 0.5) is 4.79 Å². The summed E-state index contributed by atoms with van der Waals surface area (Å²) in [6.07, 6.45) is -1.39. The highest BCUT2D eigenvalue weighted by Crippen LogP contribution is 2.44. The third kappa shape index (κ3) is 3.64. The lowest BCUT2D eigenvalue weighted by Crippen LogP contribution is -2.36. The van der Waals surface area contributed by atoms with Gasteiger partial charge in [0.1, 0.15) is 23.8 Å². The summed E-state index contributed by atoms with van der Waals surface area (Å²) in [5, 5.41) is 24.7. The van der Waals surface area contributed by atoms with Crippen molar-refractivity contribution in [3.05, 3.63) is 76.2 Å². The number of fused-ring (bicyclic) bond motifs is 3. The zero-order valence-corrected chi connectivity index (χ0v) is 15.8. The van der Waals surface area contributed by atoms with Gasteiger partial charge in [-0.2, -0.15) is 0 Å². The fraction of sp³-hybridized carbons (Fsp3) is 0.238. The van der Waals surface area contributed by atoms with E-state index in [-0.39, 0.29) is 19.1 Å². The minimum absolute atomic E-state index is 0.0241. The van der Waals surface area contributed by atoms with E-state index in [2.05, 4.69) is 34.6 Å². The molecule has 1 aliphatic rings. The van der Waals surface area contributed by atoms with E-state index in [1.807, 2.05) is 24.3 Å². The van der Waals surface area contributed by atoms with Crippen LogP contribution in [0.25, 0.3) is 11.1 Å². The summed E-state index contributed by atoms with van der Waals surface area (Å²) in [6, 6.07) is 16.2. The van der Waals surface area contributed by atoms with Crippen LogP contribution in [0.5, 0.6) is 0 Å². The number of aliphatic hydroxyl groups excluding tert-OH is 2. The van der Waals surface area contributed by atoms with Gasteiger partial charge < -0.3 is 20.3 Å². The van der Waals surface area contributed by atoms with Crippen molar-refractivity contribution in [3.8, 4) is 11.1 Å². The van der Waals surface area contributed by atoms with Crippen molar-refractivity contribution in [2.24, 2.45) is 0 Å². The third-order valence-electron chi connectivity index (χ3n) is 4.87. The molecule has 1 amide bonds. The first kappa shape index (κ1) is 18.6. The quantitative estimate of drug-likeness (QED) is 0.596. The van der Waals surface area contributed by atoms with Crippen molar-refractivity contribution in [3.63, 3.8) is 0 Å². The van der Waals surface area contributed by atoms with Crippen LogP contribution in [0.1, 0.15) is 28.2 Å². The molecular weight excluding hydrogens is 376 g/mol. The summed E-state index contributed by atoms with van der Waals surface area (Å²) in [7, 11) is 0. The molecule has 2 unspecified atom stereocenters. The van der Waals surface area contributed by atoms with Crippen LogP contribution in [0.15, 0.2) is 60.1 Å². The molecule has 0 aliphatic heterocycles. The fourth-order valence-electron chi connectivity index (χ4n) is 3.49. The molecule has 0 bridgehead atoms. The molecule has 7 heteroatoms. The molecule has 0 fully saturated rings. The first-order valence-corrected chi connectivity index (χ1v) is 9.87.